The van der Waals surface area contributed by atoms with Gasteiger partial charge in [-0.1, -0.05) is 42.2 Å². The van der Waals surface area contributed by atoms with E-state index in [0.717, 1.165) is 0 Å². The Labute approximate surface area is 178 Å². The topological polar surface area (TPSA) is 105 Å². The van der Waals surface area contributed by atoms with Crippen LogP contribution in [-0.4, -0.2) is 47.4 Å². The number of nitrogens with one attached hydrogen (secondary N) is 2. The summed E-state index contributed by atoms with van der Waals surface area (Å²) in [6.45, 7) is 5.06. The summed E-state index contributed by atoms with van der Waals surface area (Å²) in [5.41, 5.74) is 0.205. The molecule has 1 unspecified atom stereocenters. The van der Waals surface area contributed by atoms with Crippen molar-refractivity contribution in [2.45, 2.75) is 26.8 Å². The Kier molecular flexibility index (Phi) is 7.64. The molecule has 3 amide bonds. The van der Waals surface area contributed by atoms with Crippen LogP contribution in [0.25, 0.3) is 0 Å². The quantitative estimate of drug-likeness (QED) is 0.687. The van der Waals surface area contributed by atoms with Crippen LogP contribution in [0.15, 0.2) is 28.8 Å². The molecule has 0 saturated carbocycles. The van der Waals surface area contributed by atoms with Crippen molar-refractivity contribution in [2.75, 3.05) is 18.9 Å². The van der Waals surface area contributed by atoms with Crippen LogP contribution in [0.4, 0.5) is 5.82 Å². The highest BCUT2D eigenvalue weighted by Gasteiger charge is 2.29. The van der Waals surface area contributed by atoms with Gasteiger partial charge < -0.3 is 20.1 Å². The highest BCUT2D eigenvalue weighted by Crippen LogP contribution is 2.21. The minimum Gasteiger partial charge on any atom is -0.360 e. The van der Waals surface area contributed by atoms with E-state index in [9.17, 15) is 14.4 Å². The van der Waals surface area contributed by atoms with E-state index in [1.807, 2.05) is 0 Å². The van der Waals surface area contributed by atoms with E-state index in [2.05, 4.69) is 15.8 Å². The predicted molar refractivity (Wildman–Crippen MR) is 110 cm³/mol. The smallest absolute Gasteiger partial charge is 0.253 e. The molecule has 0 radical (unpaired) electrons. The molecule has 156 valence electrons. The average molecular weight is 441 g/mol. The molecule has 2 N–H and O–H groups in total. The molecule has 0 bridgehead atoms. The first kappa shape index (κ1) is 22.7. The molecule has 1 aromatic carbocycles. The summed E-state index contributed by atoms with van der Waals surface area (Å²) in [7, 11) is 1.48. The number of nitrogens with zero attached hydrogens (tertiary/aromatic N) is 2. The Bertz CT molecular complexity index is 913. The van der Waals surface area contributed by atoms with Gasteiger partial charge in [0, 0.05) is 18.1 Å². The third-order valence-corrected chi connectivity index (χ3v) is 4.60. The van der Waals surface area contributed by atoms with E-state index < -0.39 is 23.8 Å². The van der Waals surface area contributed by atoms with E-state index in [4.69, 9.17) is 27.7 Å². The summed E-state index contributed by atoms with van der Waals surface area (Å²) in [5.74, 6) is -0.767. The van der Waals surface area contributed by atoms with Crippen molar-refractivity contribution in [3.63, 3.8) is 0 Å². The normalized spacial score (nSPS) is 11.8. The lowest BCUT2D eigenvalue weighted by Gasteiger charge is -2.26. The average Bonchev–Trinajstić information content (AvgIpc) is 3.03. The standard InChI is InChI=1S/C19H22Cl2N4O4/c1-10(2)17(23-18(27)13-6-5-12(20)8-14(13)21)19(28)25(4)9-16(26)22-15-7-11(3)29-24-15/h5-8,10,17H,9H2,1-4H3,(H,23,27)(H,22,24,26). The first-order valence-electron chi connectivity index (χ1n) is 8.82. The monoisotopic (exact) mass is 440 g/mol. The zero-order chi connectivity index (χ0) is 21.7. The third-order valence-electron chi connectivity index (χ3n) is 4.05. The number of rotatable bonds is 7. The minimum atomic E-state index is -0.846. The van der Waals surface area contributed by atoms with Gasteiger partial charge in [-0.15, -0.1) is 0 Å². The predicted octanol–water partition coefficient (Wildman–Crippen LogP) is 3.14. The molecule has 0 spiro atoms. The van der Waals surface area contributed by atoms with Crippen LogP contribution in [-0.2, 0) is 9.59 Å². The van der Waals surface area contributed by atoms with Crippen molar-refractivity contribution < 1.29 is 18.9 Å². The molecule has 0 aliphatic heterocycles. The molecule has 0 fully saturated rings. The van der Waals surface area contributed by atoms with Crippen LogP contribution >= 0.6 is 23.2 Å². The van der Waals surface area contributed by atoms with Crippen molar-refractivity contribution >= 4 is 46.7 Å². The van der Waals surface area contributed by atoms with Crippen LogP contribution in [0, 0.1) is 12.8 Å². The van der Waals surface area contributed by atoms with Gasteiger partial charge in [0.05, 0.1) is 17.1 Å². The third kappa shape index (κ3) is 6.20. The second kappa shape index (κ2) is 9.76. The Morgan fingerprint density at radius 3 is 2.45 bits per heavy atom. The number of anilines is 1. The maximum atomic E-state index is 12.8. The lowest BCUT2D eigenvalue weighted by molar-refractivity contribution is -0.135. The minimum absolute atomic E-state index is 0.181. The van der Waals surface area contributed by atoms with Gasteiger partial charge in [-0.2, -0.15) is 0 Å². The molecule has 1 aromatic heterocycles. The first-order chi connectivity index (χ1) is 13.6. The SMILES string of the molecule is Cc1cc(NC(=O)CN(C)C(=O)C(NC(=O)c2ccc(Cl)cc2Cl)C(C)C)no1. The summed E-state index contributed by atoms with van der Waals surface area (Å²) < 4.78 is 4.88. The number of aromatic nitrogens is 1. The van der Waals surface area contributed by atoms with Crippen LogP contribution < -0.4 is 10.6 Å². The summed E-state index contributed by atoms with van der Waals surface area (Å²) in [6, 6.07) is 5.19. The van der Waals surface area contributed by atoms with E-state index in [1.165, 1.54) is 30.1 Å². The van der Waals surface area contributed by atoms with Gasteiger partial charge in [0.15, 0.2) is 5.82 Å². The summed E-state index contributed by atoms with van der Waals surface area (Å²) in [5, 5.41) is 9.47. The molecule has 2 rings (SSSR count). The maximum absolute atomic E-state index is 12.8. The first-order valence-corrected chi connectivity index (χ1v) is 9.58. The number of likely N-dealkylation sites (N-methyl/N-ethyl adjacent to an activating group) is 1. The summed E-state index contributed by atoms with van der Waals surface area (Å²) >= 11 is 11.9. The van der Waals surface area contributed by atoms with Gasteiger partial charge >= 0.3 is 0 Å². The lowest BCUT2D eigenvalue weighted by atomic mass is 10.0. The molecule has 0 aliphatic carbocycles. The van der Waals surface area contributed by atoms with Crippen molar-refractivity contribution in [3.05, 3.63) is 45.6 Å². The molecular formula is C19H22Cl2N4O4. The van der Waals surface area contributed by atoms with Gasteiger partial charge in [0.25, 0.3) is 5.91 Å². The number of halogens is 2. The Hall–Kier alpha value is -2.58. The number of hydrogen-bond acceptors (Lipinski definition) is 5. The fourth-order valence-corrected chi connectivity index (χ4v) is 3.04. The van der Waals surface area contributed by atoms with Crippen molar-refractivity contribution in [1.29, 1.82) is 0 Å². The molecule has 8 nitrogen and oxygen atoms in total. The Morgan fingerprint density at radius 1 is 1.21 bits per heavy atom. The maximum Gasteiger partial charge on any atom is 0.253 e. The van der Waals surface area contributed by atoms with E-state index in [-0.39, 0.29) is 28.9 Å². The molecule has 2 aromatic rings. The molecule has 1 atom stereocenters. The van der Waals surface area contributed by atoms with Crippen LogP contribution in [0.3, 0.4) is 0 Å². The van der Waals surface area contributed by atoms with Crippen molar-refractivity contribution in [1.82, 2.24) is 15.4 Å². The van der Waals surface area contributed by atoms with Crippen molar-refractivity contribution in [3.8, 4) is 0 Å². The molecule has 10 heteroatoms. The number of amides is 3. The van der Waals surface area contributed by atoms with E-state index in [1.54, 1.807) is 26.8 Å². The fraction of sp³-hybridized carbons (Fsp3) is 0.368. The summed E-state index contributed by atoms with van der Waals surface area (Å²) in [6.07, 6.45) is 0. The zero-order valence-electron chi connectivity index (χ0n) is 16.5. The highest BCUT2D eigenvalue weighted by atomic mass is 35.5. The number of hydrogen-bond donors (Lipinski definition) is 2. The van der Waals surface area contributed by atoms with Gasteiger partial charge in [-0.3, -0.25) is 14.4 Å². The Balaban J connectivity index is 2.03. The van der Waals surface area contributed by atoms with Gasteiger partial charge in [-0.25, -0.2) is 0 Å². The second-order valence-electron chi connectivity index (χ2n) is 6.88. The number of aryl methyl sites for hydroxylation is 1. The number of carbonyl (C=O) groups is 3. The van der Waals surface area contributed by atoms with Crippen LogP contribution in [0.1, 0.15) is 30.0 Å². The van der Waals surface area contributed by atoms with Crippen LogP contribution in [0.5, 0.6) is 0 Å². The highest BCUT2D eigenvalue weighted by molar-refractivity contribution is 6.36. The lowest BCUT2D eigenvalue weighted by Crippen LogP contribution is -2.51. The van der Waals surface area contributed by atoms with Gasteiger partial charge in [-0.05, 0) is 31.0 Å². The number of carbonyl (C=O) groups excluding carboxylic acids is 3. The van der Waals surface area contributed by atoms with Crippen LogP contribution in [0.2, 0.25) is 10.0 Å². The molecule has 0 saturated heterocycles. The zero-order valence-corrected chi connectivity index (χ0v) is 18.0. The molecular weight excluding hydrogens is 419 g/mol. The van der Waals surface area contributed by atoms with E-state index in [0.29, 0.717) is 10.8 Å². The second-order valence-corrected chi connectivity index (χ2v) is 7.73. The fourth-order valence-electron chi connectivity index (χ4n) is 2.54. The molecule has 29 heavy (non-hydrogen) atoms. The Morgan fingerprint density at radius 2 is 1.90 bits per heavy atom. The largest absolute Gasteiger partial charge is 0.360 e. The summed E-state index contributed by atoms with van der Waals surface area (Å²) in [4.78, 5) is 38.8. The molecule has 0 aliphatic rings. The molecule has 1 heterocycles. The van der Waals surface area contributed by atoms with Gasteiger partial charge in [0.2, 0.25) is 11.8 Å². The number of benzene rings is 1. The van der Waals surface area contributed by atoms with E-state index >= 15 is 0 Å². The van der Waals surface area contributed by atoms with Gasteiger partial charge in [0.1, 0.15) is 11.8 Å². The van der Waals surface area contributed by atoms with Crippen molar-refractivity contribution in [2.24, 2.45) is 5.92 Å².